The SMILES string of the molecule is S=C1CC=CC=C1[CH]C1CCNCC1. The second-order valence-electron chi connectivity index (χ2n) is 3.93. The first-order valence-electron chi connectivity index (χ1n) is 5.32. The first-order chi connectivity index (χ1) is 6.86. The molecule has 0 amide bonds. The molecular formula is C12H16NS. The molecule has 0 aromatic rings. The zero-order valence-electron chi connectivity index (χ0n) is 8.33. The van der Waals surface area contributed by atoms with Crippen LogP contribution in [0.4, 0.5) is 0 Å². The number of nitrogens with one attached hydrogen (secondary N) is 1. The van der Waals surface area contributed by atoms with E-state index in [0.29, 0.717) is 0 Å². The number of hydrogen-bond donors (Lipinski definition) is 1. The Balaban J connectivity index is 1.92. The third kappa shape index (κ3) is 2.52. The molecule has 2 aliphatic rings. The van der Waals surface area contributed by atoms with Crippen LogP contribution in [-0.2, 0) is 0 Å². The lowest BCUT2D eigenvalue weighted by Crippen LogP contribution is -2.28. The van der Waals surface area contributed by atoms with Gasteiger partial charge in [0.25, 0.3) is 0 Å². The van der Waals surface area contributed by atoms with Gasteiger partial charge >= 0.3 is 0 Å². The van der Waals surface area contributed by atoms with E-state index in [2.05, 4.69) is 30.0 Å². The summed E-state index contributed by atoms with van der Waals surface area (Å²) in [6, 6.07) is 0. The van der Waals surface area contributed by atoms with E-state index in [1.807, 2.05) is 0 Å². The summed E-state index contributed by atoms with van der Waals surface area (Å²) < 4.78 is 0. The zero-order chi connectivity index (χ0) is 9.80. The van der Waals surface area contributed by atoms with Gasteiger partial charge in [-0.1, -0.05) is 30.4 Å². The van der Waals surface area contributed by atoms with E-state index in [-0.39, 0.29) is 0 Å². The zero-order valence-corrected chi connectivity index (χ0v) is 9.15. The first-order valence-corrected chi connectivity index (χ1v) is 5.73. The molecule has 0 atom stereocenters. The fraction of sp³-hybridized carbons (Fsp3) is 0.500. The quantitative estimate of drug-likeness (QED) is 0.697. The Morgan fingerprint density at radius 2 is 2.14 bits per heavy atom. The van der Waals surface area contributed by atoms with Gasteiger partial charge in [0, 0.05) is 11.3 Å². The molecule has 2 heteroatoms. The molecule has 2 rings (SSSR count). The summed E-state index contributed by atoms with van der Waals surface area (Å²) in [6.07, 6.45) is 12.2. The summed E-state index contributed by atoms with van der Waals surface area (Å²) in [7, 11) is 0. The van der Waals surface area contributed by atoms with Crippen LogP contribution in [0.2, 0.25) is 0 Å². The fourth-order valence-corrected chi connectivity index (χ4v) is 2.20. The Kier molecular flexibility index (Phi) is 3.49. The van der Waals surface area contributed by atoms with Gasteiger partial charge < -0.3 is 5.32 Å². The monoisotopic (exact) mass is 206 g/mol. The molecule has 0 spiro atoms. The summed E-state index contributed by atoms with van der Waals surface area (Å²) in [6.45, 7) is 2.30. The van der Waals surface area contributed by atoms with Crippen molar-refractivity contribution in [3.8, 4) is 0 Å². The summed E-state index contributed by atoms with van der Waals surface area (Å²) in [4.78, 5) is 1.10. The highest BCUT2D eigenvalue weighted by atomic mass is 32.1. The van der Waals surface area contributed by atoms with Crippen molar-refractivity contribution in [2.75, 3.05) is 13.1 Å². The van der Waals surface area contributed by atoms with Crippen molar-refractivity contribution in [1.29, 1.82) is 0 Å². The Morgan fingerprint density at radius 3 is 2.86 bits per heavy atom. The summed E-state index contributed by atoms with van der Waals surface area (Å²) in [5, 5.41) is 3.38. The van der Waals surface area contributed by atoms with Crippen molar-refractivity contribution in [3.05, 3.63) is 30.2 Å². The molecule has 0 aromatic carbocycles. The second kappa shape index (κ2) is 4.85. The first kappa shape index (κ1) is 10.1. The van der Waals surface area contributed by atoms with Crippen LogP contribution >= 0.6 is 12.2 Å². The van der Waals surface area contributed by atoms with E-state index in [4.69, 9.17) is 12.2 Å². The highest BCUT2D eigenvalue weighted by Gasteiger charge is 2.17. The lowest BCUT2D eigenvalue weighted by Gasteiger charge is -2.24. The van der Waals surface area contributed by atoms with Crippen molar-refractivity contribution in [3.63, 3.8) is 0 Å². The van der Waals surface area contributed by atoms with Gasteiger partial charge in [-0.15, -0.1) is 0 Å². The fourth-order valence-electron chi connectivity index (χ4n) is 1.97. The number of piperidine rings is 1. The topological polar surface area (TPSA) is 12.0 Å². The summed E-state index contributed by atoms with van der Waals surface area (Å²) in [5.41, 5.74) is 1.29. The van der Waals surface area contributed by atoms with Crippen LogP contribution in [0.25, 0.3) is 0 Å². The average Bonchev–Trinajstić information content (AvgIpc) is 2.23. The molecule has 1 radical (unpaired) electrons. The van der Waals surface area contributed by atoms with Gasteiger partial charge in [0.05, 0.1) is 0 Å². The Morgan fingerprint density at radius 1 is 1.36 bits per heavy atom. The third-order valence-corrected chi connectivity index (χ3v) is 3.24. The molecule has 14 heavy (non-hydrogen) atoms. The van der Waals surface area contributed by atoms with E-state index in [1.165, 1.54) is 18.4 Å². The van der Waals surface area contributed by atoms with Gasteiger partial charge in [0.2, 0.25) is 0 Å². The molecule has 1 N–H and O–H groups in total. The van der Waals surface area contributed by atoms with Gasteiger partial charge in [0.1, 0.15) is 0 Å². The summed E-state index contributed by atoms with van der Waals surface area (Å²) in [5.74, 6) is 0.729. The van der Waals surface area contributed by atoms with Crippen LogP contribution in [0.3, 0.4) is 0 Å². The normalized spacial score (nSPS) is 23.7. The van der Waals surface area contributed by atoms with Gasteiger partial charge in [0.15, 0.2) is 0 Å². The van der Waals surface area contributed by atoms with Gasteiger partial charge in [-0.05, 0) is 43.8 Å². The van der Waals surface area contributed by atoms with E-state index in [0.717, 1.165) is 30.3 Å². The maximum Gasteiger partial charge on any atom is 0.0225 e. The molecule has 1 heterocycles. The highest BCUT2D eigenvalue weighted by molar-refractivity contribution is 7.80. The number of rotatable bonds is 2. The summed E-state index contributed by atoms with van der Waals surface area (Å²) >= 11 is 5.33. The number of allylic oxidation sites excluding steroid dienone is 4. The third-order valence-electron chi connectivity index (χ3n) is 2.84. The van der Waals surface area contributed by atoms with Crippen molar-refractivity contribution in [1.82, 2.24) is 5.32 Å². The molecule has 1 fully saturated rings. The number of hydrogen-bond acceptors (Lipinski definition) is 2. The molecule has 0 unspecified atom stereocenters. The standard InChI is InChI=1S/C12H16NS/c14-12-4-2-1-3-11(12)9-10-5-7-13-8-6-10/h1-3,9-10,13H,4-8H2. The van der Waals surface area contributed by atoms with Crippen LogP contribution in [0.15, 0.2) is 23.8 Å². The van der Waals surface area contributed by atoms with Crippen LogP contribution in [-0.4, -0.2) is 18.0 Å². The predicted octanol–water partition coefficient (Wildman–Crippen LogP) is 2.45. The van der Waals surface area contributed by atoms with Crippen LogP contribution in [0.1, 0.15) is 19.3 Å². The Hall–Kier alpha value is -0.470. The van der Waals surface area contributed by atoms with Crippen molar-refractivity contribution < 1.29 is 0 Å². The van der Waals surface area contributed by atoms with Crippen molar-refractivity contribution >= 4 is 17.1 Å². The molecule has 0 saturated carbocycles. The molecule has 1 nitrogen and oxygen atoms in total. The van der Waals surface area contributed by atoms with Crippen molar-refractivity contribution in [2.24, 2.45) is 5.92 Å². The van der Waals surface area contributed by atoms with Gasteiger partial charge in [-0.2, -0.15) is 0 Å². The largest absolute Gasteiger partial charge is 0.317 e. The molecule has 0 bridgehead atoms. The van der Waals surface area contributed by atoms with E-state index >= 15 is 0 Å². The van der Waals surface area contributed by atoms with Crippen molar-refractivity contribution in [2.45, 2.75) is 19.3 Å². The smallest absolute Gasteiger partial charge is 0.0225 e. The minimum absolute atomic E-state index is 0.729. The minimum Gasteiger partial charge on any atom is -0.317 e. The van der Waals surface area contributed by atoms with E-state index in [1.54, 1.807) is 0 Å². The minimum atomic E-state index is 0.729. The second-order valence-corrected chi connectivity index (χ2v) is 4.42. The van der Waals surface area contributed by atoms with Crippen LogP contribution in [0, 0.1) is 12.3 Å². The van der Waals surface area contributed by atoms with E-state index in [9.17, 15) is 0 Å². The molecule has 1 aliphatic carbocycles. The molecular weight excluding hydrogens is 190 g/mol. The van der Waals surface area contributed by atoms with E-state index < -0.39 is 0 Å². The Labute approximate surface area is 91.3 Å². The van der Waals surface area contributed by atoms with Crippen LogP contribution < -0.4 is 5.32 Å². The molecule has 1 aliphatic heterocycles. The Bertz CT molecular complexity index is 272. The highest BCUT2D eigenvalue weighted by Crippen LogP contribution is 2.23. The molecule has 1 saturated heterocycles. The van der Waals surface area contributed by atoms with Gasteiger partial charge in [-0.3, -0.25) is 0 Å². The lowest BCUT2D eigenvalue weighted by molar-refractivity contribution is 0.420. The number of thiocarbonyl (C=S) groups is 1. The van der Waals surface area contributed by atoms with Crippen LogP contribution in [0.5, 0.6) is 0 Å². The lowest BCUT2D eigenvalue weighted by atomic mass is 9.88. The van der Waals surface area contributed by atoms with Gasteiger partial charge in [-0.25, -0.2) is 0 Å². The molecule has 0 aromatic heterocycles. The maximum absolute atomic E-state index is 5.33. The average molecular weight is 206 g/mol. The maximum atomic E-state index is 5.33. The molecule has 75 valence electrons. The predicted molar refractivity (Wildman–Crippen MR) is 64.3 cm³/mol.